The Kier molecular flexibility index (Phi) is 4.89. The summed E-state index contributed by atoms with van der Waals surface area (Å²) in [5.41, 5.74) is 2.54. The Labute approximate surface area is 182 Å². The van der Waals surface area contributed by atoms with Gasteiger partial charge < -0.3 is 14.5 Å². The van der Waals surface area contributed by atoms with Crippen LogP contribution in [0.25, 0.3) is 0 Å². The molecule has 0 aliphatic carbocycles. The maximum Gasteiger partial charge on any atom is 0.230 e. The SMILES string of the molecule is Cc1cccc(CN2C[C@]34C=C[C@H](O3)[C@H](C(=O)N(C)CCc3ccccn3)[C@@H]4C2=O)c1. The second-order valence-corrected chi connectivity index (χ2v) is 8.91. The third-order valence-corrected chi connectivity index (χ3v) is 6.73. The fourth-order valence-electron chi connectivity index (χ4n) is 5.22. The van der Waals surface area contributed by atoms with Crippen LogP contribution in [0.5, 0.6) is 0 Å². The zero-order valence-electron chi connectivity index (χ0n) is 17.9. The number of carbonyl (C=O) groups excluding carboxylic acids is 2. The van der Waals surface area contributed by atoms with E-state index < -0.39 is 17.4 Å². The van der Waals surface area contributed by atoms with Gasteiger partial charge in [-0.3, -0.25) is 14.6 Å². The lowest BCUT2D eigenvalue weighted by Crippen LogP contribution is -2.45. The van der Waals surface area contributed by atoms with Crippen molar-refractivity contribution < 1.29 is 14.3 Å². The fraction of sp³-hybridized carbons (Fsp3) is 0.400. The van der Waals surface area contributed by atoms with Gasteiger partial charge in [0.15, 0.2) is 0 Å². The zero-order chi connectivity index (χ0) is 21.6. The van der Waals surface area contributed by atoms with Crippen molar-refractivity contribution in [3.05, 3.63) is 77.6 Å². The smallest absolute Gasteiger partial charge is 0.230 e. The van der Waals surface area contributed by atoms with Gasteiger partial charge in [0.25, 0.3) is 0 Å². The molecule has 2 fully saturated rings. The van der Waals surface area contributed by atoms with Crippen LogP contribution in [0.15, 0.2) is 60.8 Å². The molecule has 0 radical (unpaired) electrons. The lowest BCUT2D eigenvalue weighted by molar-refractivity contribution is -0.142. The summed E-state index contributed by atoms with van der Waals surface area (Å²) in [5, 5.41) is 0. The van der Waals surface area contributed by atoms with E-state index >= 15 is 0 Å². The maximum atomic E-state index is 13.4. The highest BCUT2D eigenvalue weighted by Crippen LogP contribution is 2.52. The van der Waals surface area contributed by atoms with E-state index in [1.54, 1.807) is 18.1 Å². The normalized spacial score (nSPS) is 28.3. The van der Waals surface area contributed by atoms with Crippen molar-refractivity contribution in [3.63, 3.8) is 0 Å². The molecule has 3 aliphatic heterocycles. The summed E-state index contributed by atoms with van der Waals surface area (Å²) >= 11 is 0. The van der Waals surface area contributed by atoms with Gasteiger partial charge in [-0.15, -0.1) is 0 Å². The number of likely N-dealkylation sites (N-methyl/N-ethyl adjacent to an activating group) is 1. The van der Waals surface area contributed by atoms with Gasteiger partial charge in [-0.2, -0.15) is 0 Å². The summed E-state index contributed by atoms with van der Waals surface area (Å²) in [6, 6.07) is 14.0. The van der Waals surface area contributed by atoms with Gasteiger partial charge in [-0.25, -0.2) is 0 Å². The summed E-state index contributed by atoms with van der Waals surface area (Å²) < 4.78 is 6.26. The molecule has 0 saturated carbocycles. The second-order valence-electron chi connectivity index (χ2n) is 8.91. The van der Waals surface area contributed by atoms with Crippen LogP contribution >= 0.6 is 0 Å². The van der Waals surface area contributed by atoms with Crippen molar-refractivity contribution in [2.45, 2.75) is 31.6 Å². The molecule has 2 amide bonds. The molecule has 2 bridgehead atoms. The number of likely N-dealkylation sites (tertiary alicyclic amines) is 1. The molecule has 4 heterocycles. The topological polar surface area (TPSA) is 62.7 Å². The summed E-state index contributed by atoms with van der Waals surface area (Å²) in [7, 11) is 1.80. The second kappa shape index (κ2) is 7.61. The van der Waals surface area contributed by atoms with E-state index in [1.165, 1.54) is 5.56 Å². The molecule has 0 unspecified atom stereocenters. The third-order valence-electron chi connectivity index (χ3n) is 6.73. The molecule has 0 N–H and O–H groups in total. The van der Waals surface area contributed by atoms with Crippen molar-refractivity contribution >= 4 is 11.8 Å². The summed E-state index contributed by atoms with van der Waals surface area (Å²) in [4.78, 5) is 34.7. The number of nitrogens with zero attached hydrogens (tertiary/aromatic N) is 3. The number of pyridine rings is 1. The van der Waals surface area contributed by atoms with E-state index in [-0.39, 0.29) is 17.9 Å². The highest BCUT2D eigenvalue weighted by Gasteiger charge is 2.67. The number of carbonyl (C=O) groups is 2. The lowest BCUT2D eigenvalue weighted by atomic mass is 9.76. The van der Waals surface area contributed by atoms with Crippen molar-refractivity contribution in [1.82, 2.24) is 14.8 Å². The van der Waals surface area contributed by atoms with E-state index in [4.69, 9.17) is 4.74 Å². The number of hydrogen-bond donors (Lipinski definition) is 0. The standard InChI is InChI=1S/C25H27N3O3/c1-17-6-5-7-18(14-17)15-28-16-25-11-9-20(31-25)21(22(25)24(28)30)23(29)27(2)13-10-19-8-3-4-12-26-19/h3-9,11-12,14,20-22H,10,13,15-16H2,1-2H3/t20-,21-,22+,25-/m0/s1. The Morgan fingerprint density at radius 3 is 2.94 bits per heavy atom. The Bertz CT molecular complexity index is 1040. The number of fused-ring (bicyclic) bond motifs is 1. The molecular weight excluding hydrogens is 390 g/mol. The first kappa shape index (κ1) is 19.9. The van der Waals surface area contributed by atoms with E-state index in [0.29, 0.717) is 26.1 Å². The van der Waals surface area contributed by atoms with Gasteiger partial charge in [0.05, 0.1) is 24.5 Å². The first-order chi connectivity index (χ1) is 15.0. The van der Waals surface area contributed by atoms with Crippen molar-refractivity contribution in [3.8, 4) is 0 Å². The minimum absolute atomic E-state index is 0.0184. The van der Waals surface area contributed by atoms with Gasteiger partial charge >= 0.3 is 0 Å². The molecule has 1 spiro atoms. The van der Waals surface area contributed by atoms with Crippen LogP contribution in [0.2, 0.25) is 0 Å². The highest BCUT2D eigenvalue weighted by atomic mass is 16.5. The first-order valence-electron chi connectivity index (χ1n) is 10.8. The third kappa shape index (κ3) is 3.45. The molecule has 3 aliphatic rings. The Morgan fingerprint density at radius 2 is 2.16 bits per heavy atom. The minimum atomic E-state index is -0.673. The number of hydrogen-bond acceptors (Lipinski definition) is 4. The average molecular weight is 418 g/mol. The van der Waals surface area contributed by atoms with Crippen LogP contribution in [0.1, 0.15) is 16.8 Å². The molecule has 1 aromatic heterocycles. The molecule has 160 valence electrons. The van der Waals surface area contributed by atoms with Crippen LogP contribution < -0.4 is 0 Å². The summed E-state index contributed by atoms with van der Waals surface area (Å²) in [6.07, 6.45) is 6.10. The monoisotopic (exact) mass is 417 g/mol. The highest BCUT2D eigenvalue weighted by molar-refractivity contribution is 5.93. The molecular formula is C25H27N3O3. The fourth-order valence-corrected chi connectivity index (χ4v) is 5.22. The maximum absolute atomic E-state index is 13.4. The molecule has 4 atom stereocenters. The molecule has 2 aromatic rings. The zero-order valence-corrected chi connectivity index (χ0v) is 17.9. The molecule has 5 rings (SSSR count). The number of benzene rings is 1. The van der Waals surface area contributed by atoms with Crippen molar-refractivity contribution in [2.24, 2.45) is 11.8 Å². The lowest BCUT2D eigenvalue weighted by Gasteiger charge is -2.27. The quantitative estimate of drug-likeness (QED) is 0.677. The largest absolute Gasteiger partial charge is 0.360 e. The molecule has 6 heteroatoms. The predicted molar refractivity (Wildman–Crippen MR) is 116 cm³/mol. The number of aryl methyl sites for hydroxylation is 1. The minimum Gasteiger partial charge on any atom is -0.360 e. The van der Waals surface area contributed by atoms with Crippen LogP contribution in [0, 0.1) is 18.8 Å². The summed E-state index contributed by atoms with van der Waals surface area (Å²) in [5.74, 6) is -0.918. The summed E-state index contributed by atoms with van der Waals surface area (Å²) in [6.45, 7) is 3.64. The Hall–Kier alpha value is -2.99. The van der Waals surface area contributed by atoms with Crippen LogP contribution in [-0.2, 0) is 27.3 Å². The van der Waals surface area contributed by atoms with E-state index in [9.17, 15) is 9.59 Å². The number of amides is 2. The van der Waals surface area contributed by atoms with Crippen LogP contribution in [0.3, 0.4) is 0 Å². The van der Waals surface area contributed by atoms with Crippen molar-refractivity contribution in [1.29, 1.82) is 0 Å². The van der Waals surface area contributed by atoms with E-state index in [0.717, 1.165) is 11.3 Å². The molecule has 6 nitrogen and oxygen atoms in total. The number of rotatable bonds is 6. The number of ether oxygens (including phenoxy) is 1. The van der Waals surface area contributed by atoms with Crippen molar-refractivity contribution in [2.75, 3.05) is 20.1 Å². The van der Waals surface area contributed by atoms with Gasteiger partial charge in [-0.05, 0) is 24.6 Å². The van der Waals surface area contributed by atoms with Gasteiger partial charge in [-0.1, -0.05) is 48.0 Å². The molecule has 31 heavy (non-hydrogen) atoms. The van der Waals surface area contributed by atoms with E-state index in [1.807, 2.05) is 60.4 Å². The van der Waals surface area contributed by atoms with Crippen LogP contribution in [-0.4, -0.2) is 58.4 Å². The Balaban J connectivity index is 1.31. The van der Waals surface area contributed by atoms with E-state index in [2.05, 4.69) is 11.1 Å². The first-order valence-corrected chi connectivity index (χ1v) is 10.8. The van der Waals surface area contributed by atoms with Gasteiger partial charge in [0.2, 0.25) is 11.8 Å². The molecule has 1 aromatic carbocycles. The number of aromatic nitrogens is 1. The Morgan fingerprint density at radius 1 is 1.29 bits per heavy atom. The van der Waals surface area contributed by atoms with Crippen LogP contribution in [0.4, 0.5) is 0 Å². The average Bonchev–Trinajstić information content (AvgIpc) is 3.40. The van der Waals surface area contributed by atoms with Gasteiger partial charge in [0, 0.05) is 38.4 Å². The predicted octanol–water partition coefficient (Wildman–Crippen LogP) is 2.37. The molecule has 2 saturated heterocycles. The van der Waals surface area contributed by atoms with Gasteiger partial charge in [0.1, 0.15) is 5.60 Å².